The molecule has 1 N–H and O–H groups in total. The van der Waals surface area contributed by atoms with E-state index in [2.05, 4.69) is 0 Å². The van der Waals surface area contributed by atoms with Crippen LogP contribution in [0.1, 0.15) is 38.2 Å². The molecule has 2 amide bonds. The van der Waals surface area contributed by atoms with E-state index in [1.165, 1.54) is 0 Å². The van der Waals surface area contributed by atoms with Gasteiger partial charge in [-0.2, -0.15) is 0 Å². The highest BCUT2D eigenvalue weighted by Gasteiger charge is 2.41. The van der Waals surface area contributed by atoms with Crippen molar-refractivity contribution in [2.45, 2.75) is 39.0 Å². The van der Waals surface area contributed by atoms with E-state index >= 15 is 0 Å². The maximum atomic E-state index is 13.0. The van der Waals surface area contributed by atoms with Crippen LogP contribution >= 0.6 is 0 Å². The summed E-state index contributed by atoms with van der Waals surface area (Å²) in [6.45, 7) is 3.70. The first kappa shape index (κ1) is 19.4. The lowest BCUT2D eigenvalue weighted by molar-refractivity contribution is -0.155. The summed E-state index contributed by atoms with van der Waals surface area (Å²) in [7, 11) is 0. The molecule has 0 bridgehead atoms. The van der Waals surface area contributed by atoms with Crippen LogP contribution < -0.4 is 0 Å². The van der Waals surface area contributed by atoms with Crippen LogP contribution in [0.2, 0.25) is 0 Å². The molecule has 1 aromatic rings. The maximum Gasteiger partial charge on any atom is 0.311 e. The van der Waals surface area contributed by atoms with E-state index in [0.717, 1.165) is 18.4 Å². The van der Waals surface area contributed by atoms with Crippen molar-refractivity contribution in [3.05, 3.63) is 35.9 Å². The Morgan fingerprint density at radius 1 is 1.11 bits per heavy atom. The first-order valence-corrected chi connectivity index (χ1v) is 9.73. The zero-order valence-electron chi connectivity index (χ0n) is 15.9. The topological polar surface area (TPSA) is 77.9 Å². The summed E-state index contributed by atoms with van der Waals surface area (Å²) in [6.07, 6.45) is 3.22. The van der Waals surface area contributed by atoms with Crippen LogP contribution in [-0.4, -0.2) is 58.9 Å². The van der Waals surface area contributed by atoms with E-state index in [4.69, 9.17) is 0 Å². The fourth-order valence-electron chi connectivity index (χ4n) is 4.15. The summed E-state index contributed by atoms with van der Waals surface area (Å²) in [5.41, 5.74) is 0.106. The minimum atomic E-state index is -0.870. The Hall–Kier alpha value is -2.37. The molecule has 2 unspecified atom stereocenters. The number of aliphatic carboxylic acids is 1. The average Bonchev–Trinajstić information content (AvgIpc) is 2.68. The lowest BCUT2D eigenvalue weighted by Crippen LogP contribution is -2.52. The van der Waals surface area contributed by atoms with Crippen molar-refractivity contribution < 1.29 is 19.5 Å². The van der Waals surface area contributed by atoms with Crippen molar-refractivity contribution in [1.82, 2.24) is 9.80 Å². The first-order valence-electron chi connectivity index (χ1n) is 9.73. The Labute approximate surface area is 160 Å². The fraction of sp³-hybridized carbons (Fsp3) is 0.571. The minimum absolute atomic E-state index is 0.000568. The molecule has 0 spiro atoms. The highest BCUT2D eigenvalue weighted by atomic mass is 16.4. The molecule has 2 fully saturated rings. The van der Waals surface area contributed by atoms with Gasteiger partial charge in [0, 0.05) is 26.2 Å². The molecule has 2 saturated heterocycles. The number of benzene rings is 1. The number of hydrogen-bond acceptors (Lipinski definition) is 3. The number of carboxylic acid groups (broad SMARTS) is 1. The van der Waals surface area contributed by atoms with Crippen LogP contribution in [0.15, 0.2) is 30.3 Å². The summed E-state index contributed by atoms with van der Waals surface area (Å²) in [5, 5.41) is 9.47. The third kappa shape index (κ3) is 4.49. The number of carbonyl (C=O) groups is 3. The van der Waals surface area contributed by atoms with Gasteiger partial charge in [0.2, 0.25) is 11.8 Å². The fourth-order valence-corrected chi connectivity index (χ4v) is 4.15. The van der Waals surface area contributed by atoms with Gasteiger partial charge in [-0.1, -0.05) is 30.3 Å². The predicted octanol–water partition coefficient (Wildman–Crippen LogP) is 2.18. The zero-order chi connectivity index (χ0) is 19.4. The van der Waals surface area contributed by atoms with Crippen LogP contribution in [0.4, 0.5) is 0 Å². The van der Waals surface area contributed by atoms with Crippen LogP contribution in [0.3, 0.4) is 0 Å². The summed E-state index contributed by atoms with van der Waals surface area (Å²) < 4.78 is 0. The van der Waals surface area contributed by atoms with Crippen molar-refractivity contribution in [1.29, 1.82) is 0 Å². The third-order valence-electron chi connectivity index (χ3n) is 5.85. The molecular formula is C21H28N2O4. The number of hydrogen-bond donors (Lipinski definition) is 1. The van der Waals surface area contributed by atoms with Crippen molar-refractivity contribution >= 4 is 17.8 Å². The molecule has 1 aromatic carbocycles. The van der Waals surface area contributed by atoms with Gasteiger partial charge in [-0.3, -0.25) is 14.4 Å². The first-order chi connectivity index (χ1) is 12.9. The molecule has 146 valence electrons. The number of nitrogens with zero attached hydrogens (tertiary/aromatic N) is 2. The second-order valence-corrected chi connectivity index (χ2v) is 8.07. The molecule has 6 nitrogen and oxygen atoms in total. The number of rotatable bonds is 4. The number of carbonyl (C=O) groups excluding carboxylic acids is 2. The van der Waals surface area contributed by atoms with E-state index in [9.17, 15) is 19.5 Å². The predicted molar refractivity (Wildman–Crippen MR) is 101 cm³/mol. The Balaban J connectivity index is 1.61. The molecule has 2 aliphatic heterocycles. The number of carboxylic acids is 1. The summed E-state index contributed by atoms with van der Waals surface area (Å²) in [5.74, 6) is -1.02. The Bertz CT molecular complexity index is 705. The van der Waals surface area contributed by atoms with Gasteiger partial charge in [-0.15, -0.1) is 0 Å². The minimum Gasteiger partial charge on any atom is -0.481 e. The van der Waals surface area contributed by atoms with E-state index in [1.54, 1.807) is 16.7 Å². The van der Waals surface area contributed by atoms with E-state index in [0.29, 0.717) is 38.9 Å². The second-order valence-electron chi connectivity index (χ2n) is 8.07. The Morgan fingerprint density at radius 2 is 1.81 bits per heavy atom. The van der Waals surface area contributed by atoms with Gasteiger partial charge < -0.3 is 14.9 Å². The van der Waals surface area contributed by atoms with Gasteiger partial charge in [-0.25, -0.2) is 0 Å². The van der Waals surface area contributed by atoms with Crippen molar-refractivity contribution in [2.75, 3.05) is 26.2 Å². The van der Waals surface area contributed by atoms with E-state index < -0.39 is 11.4 Å². The zero-order valence-corrected chi connectivity index (χ0v) is 15.9. The van der Waals surface area contributed by atoms with Crippen molar-refractivity contribution in [3.63, 3.8) is 0 Å². The van der Waals surface area contributed by atoms with Gasteiger partial charge in [0.1, 0.15) is 0 Å². The summed E-state index contributed by atoms with van der Waals surface area (Å²) in [4.78, 5) is 40.7. The van der Waals surface area contributed by atoms with E-state index in [1.807, 2.05) is 30.3 Å². The molecule has 6 heteroatoms. The van der Waals surface area contributed by atoms with Crippen molar-refractivity contribution in [3.8, 4) is 0 Å². The van der Waals surface area contributed by atoms with Gasteiger partial charge in [-0.05, 0) is 38.2 Å². The molecule has 0 saturated carbocycles. The lowest BCUT2D eigenvalue weighted by Gasteiger charge is -2.41. The van der Waals surface area contributed by atoms with Gasteiger partial charge in [0.15, 0.2) is 0 Å². The molecule has 2 atom stereocenters. The number of piperidine rings is 2. The number of likely N-dealkylation sites (tertiary alicyclic amines) is 2. The van der Waals surface area contributed by atoms with Crippen LogP contribution in [0, 0.1) is 11.3 Å². The Kier molecular flexibility index (Phi) is 5.82. The smallest absolute Gasteiger partial charge is 0.311 e. The van der Waals surface area contributed by atoms with Gasteiger partial charge in [0.25, 0.3) is 0 Å². The molecule has 3 rings (SSSR count). The Morgan fingerprint density at radius 3 is 2.52 bits per heavy atom. The molecular weight excluding hydrogens is 344 g/mol. The monoisotopic (exact) mass is 372 g/mol. The SMILES string of the molecule is CC1(C(=O)O)CCCN(C(=O)C2CCCN(C(=O)Cc3ccccc3)C2)C1. The van der Waals surface area contributed by atoms with Crippen LogP contribution in [0.25, 0.3) is 0 Å². The molecule has 2 heterocycles. The third-order valence-corrected chi connectivity index (χ3v) is 5.85. The quantitative estimate of drug-likeness (QED) is 0.879. The van der Waals surface area contributed by atoms with Gasteiger partial charge >= 0.3 is 5.97 Å². The summed E-state index contributed by atoms with van der Waals surface area (Å²) in [6, 6.07) is 9.63. The molecule has 0 aliphatic carbocycles. The van der Waals surface area contributed by atoms with Crippen molar-refractivity contribution in [2.24, 2.45) is 11.3 Å². The second kappa shape index (κ2) is 8.11. The largest absolute Gasteiger partial charge is 0.481 e. The highest BCUT2D eigenvalue weighted by molar-refractivity contribution is 5.83. The lowest BCUT2D eigenvalue weighted by atomic mass is 9.81. The molecule has 27 heavy (non-hydrogen) atoms. The van der Waals surface area contributed by atoms with Crippen LogP contribution in [-0.2, 0) is 20.8 Å². The standard InChI is InChI=1S/C21H28N2O4/c1-21(20(26)27)10-6-12-23(15-21)19(25)17-9-5-11-22(14-17)18(24)13-16-7-3-2-4-8-16/h2-4,7-8,17H,5-6,9-15H2,1H3,(H,26,27). The van der Waals surface area contributed by atoms with Crippen LogP contribution in [0.5, 0.6) is 0 Å². The molecule has 0 aromatic heterocycles. The average molecular weight is 372 g/mol. The highest BCUT2D eigenvalue weighted by Crippen LogP contribution is 2.31. The van der Waals surface area contributed by atoms with Gasteiger partial charge in [0.05, 0.1) is 17.8 Å². The normalized spacial score (nSPS) is 25.9. The molecule has 2 aliphatic rings. The van der Waals surface area contributed by atoms with E-state index in [-0.39, 0.29) is 24.3 Å². The maximum absolute atomic E-state index is 13.0. The molecule has 0 radical (unpaired) electrons. The summed E-state index contributed by atoms with van der Waals surface area (Å²) >= 11 is 0. The number of amides is 2.